The number of anilines is 1. The highest BCUT2D eigenvalue weighted by Crippen LogP contribution is 2.26. The number of carboxylic acids is 1. The van der Waals surface area contributed by atoms with Crippen LogP contribution in [0.2, 0.25) is 5.02 Å². The van der Waals surface area contributed by atoms with Crippen molar-refractivity contribution in [2.75, 3.05) is 11.9 Å². The molecule has 2 N–H and O–H groups in total. The maximum Gasteiger partial charge on any atom is 0.411 e. The number of carbonyl (C=O) groups excluding carboxylic acids is 1. The van der Waals surface area contributed by atoms with Crippen LogP contribution in [0.1, 0.15) is 15.9 Å². The summed E-state index contributed by atoms with van der Waals surface area (Å²) >= 11 is 5.75. The zero-order valence-electron chi connectivity index (χ0n) is 9.77. The first-order valence-electron chi connectivity index (χ1n) is 5.07. The van der Waals surface area contributed by atoms with Crippen LogP contribution in [0, 0.1) is 12.3 Å². The quantitative estimate of drug-likeness (QED) is 0.656. The minimum absolute atomic E-state index is 0.00673. The third-order valence-electron chi connectivity index (χ3n) is 2.05. The Kier molecular flexibility index (Phi) is 4.98. The van der Waals surface area contributed by atoms with Crippen LogP contribution < -0.4 is 5.32 Å². The van der Waals surface area contributed by atoms with E-state index in [1.807, 2.05) is 0 Å². The van der Waals surface area contributed by atoms with Crippen molar-refractivity contribution in [3.8, 4) is 12.3 Å². The molecule has 1 aromatic carbocycles. The molecule has 1 amide bonds. The molecule has 0 unspecified atom stereocenters. The molecule has 6 heteroatoms. The predicted octanol–water partition coefficient (Wildman–Crippen LogP) is 2.75. The molecular formula is C13H10ClNO4. The third-order valence-corrected chi connectivity index (χ3v) is 2.27. The summed E-state index contributed by atoms with van der Waals surface area (Å²) in [5, 5.41) is 11.5. The lowest BCUT2D eigenvalue weighted by atomic mass is 10.1. The Balaban J connectivity index is 3.17. The summed E-state index contributed by atoms with van der Waals surface area (Å²) in [6, 6.07) is 2.56. The van der Waals surface area contributed by atoms with E-state index in [0.717, 1.165) is 0 Å². The number of rotatable bonds is 4. The van der Waals surface area contributed by atoms with E-state index in [1.165, 1.54) is 18.2 Å². The molecule has 0 aliphatic carbocycles. The van der Waals surface area contributed by atoms with Gasteiger partial charge >= 0.3 is 12.1 Å². The number of halogens is 1. The Morgan fingerprint density at radius 1 is 1.58 bits per heavy atom. The van der Waals surface area contributed by atoms with E-state index in [9.17, 15) is 9.59 Å². The summed E-state index contributed by atoms with van der Waals surface area (Å²) in [7, 11) is 0. The maximum atomic E-state index is 11.4. The highest BCUT2D eigenvalue weighted by Gasteiger charge is 2.17. The Labute approximate surface area is 114 Å². The summed E-state index contributed by atoms with van der Waals surface area (Å²) < 4.78 is 4.70. The van der Waals surface area contributed by atoms with E-state index < -0.39 is 12.1 Å². The second-order valence-corrected chi connectivity index (χ2v) is 3.77. The van der Waals surface area contributed by atoms with Crippen molar-refractivity contribution in [3.63, 3.8) is 0 Å². The van der Waals surface area contributed by atoms with E-state index in [2.05, 4.69) is 17.8 Å². The van der Waals surface area contributed by atoms with Crippen LogP contribution in [-0.4, -0.2) is 23.8 Å². The van der Waals surface area contributed by atoms with Crippen LogP contribution in [-0.2, 0) is 4.74 Å². The Morgan fingerprint density at radius 3 is 2.79 bits per heavy atom. The number of ether oxygens (including phenoxy) is 1. The van der Waals surface area contributed by atoms with Gasteiger partial charge in [0, 0.05) is 5.02 Å². The fourth-order valence-electron chi connectivity index (χ4n) is 1.30. The van der Waals surface area contributed by atoms with Gasteiger partial charge < -0.3 is 9.84 Å². The van der Waals surface area contributed by atoms with Crippen LogP contribution in [0.5, 0.6) is 0 Å². The van der Waals surface area contributed by atoms with Crippen molar-refractivity contribution in [2.24, 2.45) is 0 Å². The van der Waals surface area contributed by atoms with Gasteiger partial charge in [-0.25, -0.2) is 9.59 Å². The summed E-state index contributed by atoms with van der Waals surface area (Å²) in [5.41, 5.74) is -0.0927. The molecule has 0 bridgehead atoms. The molecule has 0 spiro atoms. The van der Waals surface area contributed by atoms with Gasteiger partial charge in [-0.1, -0.05) is 30.2 Å². The van der Waals surface area contributed by atoms with Crippen LogP contribution in [0.25, 0.3) is 0 Å². The lowest BCUT2D eigenvalue weighted by Crippen LogP contribution is -2.17. The molecule has 0 aromatic heterocycles. The predicted molar refractivity (Wildman–Crippen MR) is 71.5 cm³/mol. The van der Waals surface area contributed by atoms with Crippen molar-refractivity contribution in [1.29, 1.82) is 0 Å². The Bertz CT molecular complexity index is 575. The molecule has 5 nitrogen and oxygen atoms in total. The van der Waals surface area contributed by atoms with Crippen molar-refractivity contribution < 1.29 is 19.4 Å². The lowest BCUT2D eigenvalue weighted by Gasteiger charge is -2.11. The zero-order valence-corrected chi connectivity index (χ0v) is 10.5. The van der Waals surface area contributed by atoms with Gasteiger partial charge in [0.15, 0.2) is 0 Å². The fraction of sp³-hybridized carbons (Fsp3) is 0.0769. The van der Waals surface area contributed by atoms with E-state index >= 15 is 0 Å². The van der Waals surface area contributed by atoms with Gasteiger partial charge in [-0.3, -0.25) is 5.32 Å². The number of terminal acetylenes is 1. The topological polar surface area (TPSA) is 75.6 Å². The molecular weight excluding hydrogens is 270 g/mol. The minimum atomic E-state index is -1.27. The normalized spacial score (nSPS) is 9.26. The second-order valence-electron chi connectivity index (χ2n) is 3.34. The molecule has 0 atom stereocenters. The van der Waals surface area contributed by atoms with Gasteiger partial charge in [0.1, 0.15) is 6.61 Å². The standard InChI is InChI=1S/C13H10ClNO4/c1-3-5-19-13(18)15-11-8(4-2)6-9(14)7-10(11)12(16)17/h2-3,6-7H,1,5H2,(H,15,18)(H,16,17). The average Bonchev–Trinajstić information content (AvgIpc) is 2.37. The molecule has 0 saturated carbocycles. The molecule has 0 fully saturated rings. The smallest absolute Gasteiger partial charge is 0.411 e. The number of carbonyl (C=O) groups is 2. The van der Waals surface area contributed by atoms with Gasteiger partial charge in [-0.2, -0.15) is 0 Å². The van der Waals surface area contributed by atoms with Gasteiger partial charge in [0.25, 0.3) is 0 Å². The highest BCUT2D eigenvalue weighted by atomic mass is 35.5. The van der Waals surface area contributed by atoms with Gasteiger partial charge in [0.2, 0.25) is 0 Å². The summed E-state index contributed by atoms with van der Waals surface area (Å²) in [4.78, 5) is 22.5. The summed E-state index contributed by atoms with van der Waals surface area (Å²) in [5.74, 6) is 0.989. The van der Waals surface area contributed by atoms with Gasteiger partial charge in [-0.05, 0) is 12.1 Å². The minimum Gasteiger partial charge on any atom is -0.478 e. The third kappa shape index (κ3) is 3.76. The maximum absolute atomic E-state index is 11.4. The van der Waals surface area contributed by atoms with Crippen molar-refractivity contribution in [2.45, 2.75) is 0 Å². The van der Waals surface area contributed by atoms with E-state index in [0.29, 0.717) is 0 Å². The zero-order chi connectivity index (χ0) is 14.4. The Morgan fingerprint density at radius 2 is 2.26 bits per heavy atom. The first kappa shape index (κ1) is 14.6. The lowest BCUT2D eigenvalue weighted by molar-refractivity contribution is 0.0698. The van der Waals surface area contributed by atoms with E-state index in [1.54, 1.807) is 0 Å². The molecule has 0 heterocycles. The molecule has 0 saturated heterocycles. The van der Waals surface area contributed by atoms with Crippen molar-refractivity contribution >= 4 is 29.4 Å². The number of hydrogen-bond acceptors (Lipinski definition) is 3. The number of amides is 1. The van der Waals surface area contributed by atoms with Crippen LogP contribution in [0.4, 0.5) is 10.5 Å². The van der Waals surface area contributed by atoms with Crippen LogP contribution in [0.15, 0.2) is 24.8 Å². The second kappa shape index (κ2) is 6.47. The van der Waals surface area contributed by atoms with Crippen LogP contribution in [0.3, 0.4) is 0 Å². The van der Waals surface area contributed by atoms with E-state index in [-0.39, 0.29) is 28.4 Å². The van der Waals surface area contributed by atoms with Crippen molar-refractivity contribution in [1.82, 2.24) is 0 Å². The van der Waals surface area contributed by atoms with Gasteiger partial charge in [-0.15, -0.1) is 6.42 Å². The molecule has 1 aromatic rings. The molecule has 0 radical (unpaired) electrons. The largest absolute Gasteiger partial charge is 0.478 e. The highest BCUT2D eigenvalue weighted by molar-refractivity contribution is 6.31. The van der Waals surface area contributed by atoms with Crippen LogP contribution >= 0.6 is 11.6 Å². The van der Waals surface area contributed by atoms with Crippen molar-refractivity contribution in [3.05, 3.63) is 40.9 Å². The number of benzene rings is 1. The SMILES string of the molecule is C#Cc1cc(Cl)cc(C(=O)O)c1NC(=O)OCC=C. The molecule has 19 heavy (non-hydrogen) atoms. The Hall–Kier alpha value is -2.45. The molecule has 1 rings (SSSR count). The first-order valence-corrected chi connectivity index (χ1v) is 5.45. The summed E-state index contributed by atoms with van der Waals surface area (Å²) in [6.07, 6.45) is 5.80. The number of carboxylic acid groups (broad SMARTS) is 1. The van der Waals surface area contributed by atoms with E-state index in [4.69, 9.17) is 27.9 Å². The molecule has 0 aliphatic heterocycles. The number of nitrogens with one attached hydrogen (secondary N) is 1. The fourth-order valence-corrected chi connectivity index (χ4v) is 1.52. The number of aromatic carboxylic acids is 1. The molecule has 98 valence electrons. The molecule has 0 aliphatic rings. The number of hydrogen-bond donors (Lipinski definition) is 2. The van der Waals surface area contributed by atoms with Gasteiger partial charge in [0.05, 0.1) is 16.8 Å². The summed E-state index contributed by atoms with van der Waals surface area (Å²) in [6.45, 7) is 3.38. The monoisotopic (exact) mass is 279 g/mol. The average molecular weight is 280 g/mol. The first-order chi connectivity index (χ1) is 8.99.